The van der Waals surface area contributed by atoms with Crippen molar-refractivity contribution >= 4 is 29.8 Å². The molecule has 0 radical (unpaired) electrons. The minimum absolute atomic E-state index is 0.133. The van der Waals surface area contributed by atoms with Gasteiger partial charge in [0, 0.05) is 27.7 Å². The van der Waals surface area contributed by atoms with Crippen molar-refractivity contribution in [1.82, 2.24) is 0 Å². The van der Waals surface area contributed by atoms with E-state index in [2.05, 4.69) is 0 Å². The van der Waals surface area contributed by atoms with Crippen LogP contribution in [0.15, 0.2) is 24.3 Å². The van der Waals surface area contributed by atoms with E-state index < -0.39 is 67.2 Å². The summed E-state index contributed by atoms with van der Waals surface area (Å²) in [6, 6.07) is 5.61. The summed E-state index contributed by atoms with van der Waals surface area (Å²) < 4.78 is 32.3. The Morgan fingerprint density at radius 1 is 0.818 bits per heavy atom. The van der Waals surface area contributed by atoms with Crippen LogP contribution in [0.5, 0.6) is 5.75 Å². The first-order valence-electron chi connectivity index (χ1n) is 9.79. The van der Waals surface area contributed by atoms with Crippen LogP contribution in [0.25, 0.3) is 0 Å². The summed E-state index contributed by atoms with van der Waals surface area (Å²) in [5.74, 6) is -4.47. The molecule has 12 heteroatoms. The molecule has 0 bridgehead atoms. The van der Waals surface area contributed by atoms with Crippen molar-refractivity contribution < 1.29 is 57.5 Å². The predicted molar refractivity (Wildman–Crippen MR) is 106 cm³/mol. The quantitative estimate of drug-likeness (QED) is 0.423. The Bertz CT molecular complexity index is 910. The maximum atomic E-state index is 11.8. The third kappa shape index (κ3) is 7.17. The van der Waals surface area contributed by atoms with Gasteiger partial charge in [0.05, 0.1) is 0 Å². The predicted octanol–water partition coefficient (Wildman–Crippen LogP) is 0.847. The topological polar surface area (TPSA) is 161 Å². The lowest BCUT2D eigenvalue weighted by atomic mass is 9.98. The molecule has 1 aromatic carbocycles. The average Bonchev–Trinajstić information content (AvgIpc) is 2.70. The molecular formula is C21H24O12. The second kappa shape index (κ2) is 11.3. The molecule has 2 rings (SSSR count). The van der Waals surface area contributed by atoms with Gasteiger partial charge in [0.2, 0.25) is 12.4 Å². The number of carboxylic acid groups (broad SMARTS) is 1. The highest BCUT2D eigenvalue weighted by Crippen LogP contribution is 2.32. The number of esters is 4. The van der Waals surface area contributed by atoms with Gasteiger partial charge in [-0.15, -0.1) is 0 Å². The third-order valence-electron chi connectivity index (χ3n) is 4.31. The van der Waals surface area contributed by atoms with E-state index in [1.165, 1.54) is 24.3 Å². The van der Waals surface area contributed by atoms with Crippen LogP contribution in [-0.4, -0.2) is 72.3 Å². The molecule has 0 amide bonds. The second-order valence-corrected chi connectivity index (χ2v) is 6.99. The summed E-state index contributed by atoms with van der Waals surface area (Å²) in [5.41, 5.74) is -0.217. The normalized spacial score (nSPS) is 24.2. The van der Waals surface area contributed by atoms with Crippen LogP contribution in [0.3, 0.4) is 0 Å². The van der Waals surface area contributed by atoms with Gasteiger partial charge >= 0.3 is 29.8 Å². The Hall–Kier alpha value is -3.67. The molecule has 1 saturated heterocycles. The fraction of sp³-hybridized carbons (Fsp3) is 0.476. The van der Waals surface area contributed by atoms with E-state index >= 15 is 0 Å². The van der Waals surface area contributed by atoms with Gasteiger partial charge in [-0.1, -0.05) is 12.1 Å². The molecule has 5 atom stereocenters. The number of hydrogen-bond donors (Lipinski definition) is 1. The molecule has 0 spiro atoms. The van der Waals surface area contributed by atoms with E-state index in [4.69, 9.17) is 28.4 Å². The molecule has 12 nitrogen and oxygen atoms in total. The number of benzene rings is 1. The number of carbonyl (C=O) groups is 5. The molecule has 180 valence electrons. The smallest absolute Gasteiger partial charge is 0.339 e. The molecule has 33 heavy (non-hydrogen) atoms. The minimum Gasteiger partial charge on any atom is -0.478 e. The number of rotatable bonds is 8. The molecule has 0 aliphatic carbocycles. The minimum atomic E-state index is -1.52. The molecule has 1 aliphatic heterocycles. The molecule has 3 unspecified atom stereocenters. The van der Waals surface area contributed by atoms with Crippen LogP contribution in [0.2, 0.25) is 0 Å². The van der Waals surface area contributed by atoms with E-state index in [0.29, 0.717) is 0 Å². The maximum Gasteiger partial charge on any atom is 0.339 e. The maximum absolute atomic E-state index is 11.8. The van der Waals surface area contributed by atoms with Crippen molar-refractivity contribution in [2.24, 2.45) is 0 Å². The van der Waals surface area contributed by atoms with Crippen molar-refractivity contribution in [2.75, 3.05) is 6.61 Å². The number of hydrogen-bond acceptors (Lipinski definition) is 11. The van der Waals surface area contributed by atoms with Gasteiger partial charge in [0.1, 0.15) is 24.0 Å². The van der Waals surface area contributed by atoms with Crippen LogP contribution < -0.4 is 4.74 Å². The number of para-hydroxylation sites is 1. The number of ether oxygens (including phenoxy) is 6. The van der Waals surface area contributed by atoms with Crippen LogP contribution in [0, 0.1) is 0 Å². The molecular weight excluding hydrogens is 444 g/mol. The molecule has 1 heterocycles. The number of carboxylic acids is 1. The standard InChI is InChI=1S/C21H24O12/c1-10(22)28-9-16-17(29-11(2)23)18(30-12(3)24)19(31-13(4)25)21(33-16)32-15-8-6-5-7-14(15)20(26)27/h5-8,16-19,21H,9H2,1-4H3,(H,26,27)/t16?,17-,18?,19?,21+/m0/s1. The van der Waals surface area contributed by atoms with Gasteiger partial charge in [0.15, 0.2) is 12.2 Å². The second-order valence-electron chi connectivity index (χ2n) is 6.99. The van der Waals surface area contributed by atoms with Gasteiger partial charge in [-0.25, -0.2) is 4.79 Å². The van der Waals surface area contributed by atoms with E-state index in [9.17, 15) is 29.1 Å². The zero-order chi connectivity index (χ0) is 24.7. The first-order chi connectivity index (χ1) is 15.5. The Labute approximate surface area is 188 Å². The summed E-state index contributed by atoms with van der Waals surface area (Å²) in [4.78, 5) is 58.2. The van der Waals surface area contributed by atoms with Crippen molar-refractivity contribution in [1.29, 1.82) is 0 Å². The van der Waals surface area contributed by atoms with Crippen LogP contribution in [0.4, 0.5) is 0 Å². The molecule has 0 aromatic heterocycles. The summed E-state index contributed by atoms with van der Waals surface area (Å²) >= 11 is 0. The van der Waals surface area contributed by atoms with Crippen molar-refractivity contribution in [2.45, 2.75) is 58.4 Å². The van der Waals surface area contributed by atoms with Crippen LogP contribution in [0.1, 0.15) is 38.1 Å². The zero-order valence-electron chi connectivity index (χ0n) is 18.3. The average molecular weight is 468 g/mol. The Kier molecular flexibility index (Phi) is 8.74. The van der Waals surface area contributed by atoms with Crippen LogP contribution in [-0.2, 0) is 42.9 Å². The van der Waals surface area contributed by atoms with Gasteiger partial charge in [0.25, 0.3) is 0 Å². The summed E-state index contributed by atoms with van der Waals surface area (Å²) in [6.07, 6.45) is -6.97. The Morgan fingerprint density at radius 3 is 1.91 bits per heavy atom. The highest BCUT2D eigenvalue weighted by molar-refractivity contribution is 5.90. The largest absolute Gasteiger partial charge is 0.478 e. The first kappa shape index (κ1) is 25.6. The van der Waals surface area contributed by atoms with Crippen molar-refractivity contribution in [3.05, 3.63) is 29.8 Å². The lowest BCUT2D eigenvalue weighted by molar-refractivity contribution is -0.288. The third-order valence-corrected chi connectivity index (χ3v) is 4.31. The molecule has 1 aliphatic rings. The monoisotopic (exact) mass is 468 g/mol. The van der Waals surface area contributed by atoms with Gasteiger partial charge < -0.3 is 33.5 Å². The summed E-state index contributed by atoms with van der Waals surface area (Å²) in [7, 11) is 0. The lowest BCUT2D eigenvalue weighted by Gasteiger charge is -2.44. The number of aromatic carboxylic acids is 1. The SMILES string of the molecule is CC(=O)OCC1O[C@@H](Oc2ccccc2C(=O)O)C(OC(C)=O)C(OC(C)=O)[C@H]1OC(C)=O. The van der Waals surface area contributed by atoms with Gasteiger partial charge in [-0.2, -0.15) is 0 Å². The van der Waals surface area contributed by atoms with E-state index in [1.807, 2.05) is 0 Å². The molecule has 0 saturated carbocycles. The Morgan fingerprint density at radius 2 is 1.36 bits per heavy atom. The molecule has 1 fully saturated rings. The molecule has 1 N–H and O–H groups in total. The first-order valence-corrected chi connectivity index (χ1v) is 9.79. The van der Waals surface area contributed by atoms with Gasteiger partial charge in [-0.3, -0.25) is 19.2 Å². The van der Waals surface area contributed by atoms with E-state index in [1.54, 1.807) is 0 Å². The summed E-state index contributed by atoms with van der Waals surface area (Å²) in [6.45, 7) is 3.98. The van der Waals surface area contributed by atoms with Crippen molar-refractivity contribution in [3.8, 4) is 5.75 Å². The highest BCUT2D eigenvalue weighted by Gasteiger charge is 2.53. The van der Waals surface area contributed by atoms with E-state index in [0.717, 1.165) is 27.7 Å². The fourth-order valence-corrected chi connectivity index (χ4v) is 3.15. The Balaban J connectivity index is 2.51. The summed E-state index contributed by atoms with van der Waals surface area (Å²) in [5, 5.41) is 9.43. The zero-order valence-corrected chi connectivity index (χ0v) is 18.3. The lowest BCUT2D eigenvalue weighted by Crippen LogP contribution is -2.63. The highest BCUT2D eigenvalue weighted by atomic mass is 16.7. The van der Waals surface area contributed by atoms with E-state index in [-0.39, 0.29) is 11.3 Å². The van der Waals surface area contributed by atoms with Crippen LogP contribution >= 0.6 is 0 Å². The fourth-order valence-electron chi connectivity index (χ4n) is 3.15. The number of carbonyl (C=O) groups excluding carboxylic acids is 4. The molecule has 1 aromatic rings. The van der Waals surface area contributed by atoms with Gasteiger partial charge in [-0.05, 0) is 12.1 Å². The van der Waals surface area contributed by atoms with Crippen molar-refractivity contribution in [3.63, 3.8) is 0 Å².